The molecule has 0 radical (unpaired) electrons. The molecule has 0 aliphatic carbocycles. The van der Waals surface area contributed by atoms with E-state index in [4.69, 9.17) is 0 Å². The van der Waals surface area contributed by atoms with Crippen molar-refractivity contribution in [1.29, 1.82) is 0 Å². The van der Waals surface area contributed by atoms with Gasteiger partial charge in [0.2, 0.25) is 0 Å². The topological polar surface area (TPSA) is 17.1 Å². The average molecular weight is 267 g/mol. The molecule has 0 bridgehead atoms. The van der Waals surface area contributed by atoms with Gasteiger partial charge < -0.3 is 4.79 Å². The number of hydrogen-bond donors (Lipinski definition) is 0. The first-order valence-corrected chi connectivity index (χ1v) is 1.94. The molecule has 0 amide bonds. The summed E-state index contributed by atoms with van der Waals surface area (Å²) in [7, 11) is 0. The molecule has 0 saturated heterocycles. The van der Waals surface area contributed by atoms with Gasteiger partial charge in [-0.15, -0.1) is 6.42 Å². The van der Waals surface area contributed by atoms with E-state index in [0.29, 0.717) is 0 Å². The van der Waals surface area contributed by atoms with E-state index < -0.39 is 0 Å². The third-order valence-corrected chi connectivity index (χ3v) is 0.422. The minimum atomic E-state index is 0. The number of hydrogen-bond acceptors (Lipinski definition) is 1. The molecule has 0 heterocycles. The van der Waals surface area contributed by atoms with Crippen molar-refractivity contribution in [1.82, 2.24) is 0 Å². The molecule has 0 unspecified atom stereocenters. The number of allylic oxidation sites excluding steroid dienone is 2. The van der Waals surface area contributed by atoms with Gasteiger partial charge in [0.05, 0.1) is 0 Å². The van der Waals surface area contributed by atoms with Gasteiger partial charge in [0, 0.05) is 21.1 Å². The predicted octanol–water partition coefficient (Wildman–Crippen LogP) is 1.06. The van der Waals surface area contributed by atoms with Crippen LogP contribution in [0.3, 0.4) is 0 Å². The molecule has 0 fully saturated rings. The molecule has 0 aliphatic heterocycles. The minimum Gasteiger partial charge on any atom is -0.419 e. The molecule has 0 aromatic heterocycles. The summed E-state index contributed by atoms with van der Waals surface area (Å²) in [6.45, 7) is 1.97. The Balaban J connectivity index is 0. The van der Waals surface area contributed by atoms with Crippen LogP contribution in [0.4, 0.5) is 0 Å². The monoisotopic (exact) mass is 267 g/mol. The quantitative estimate of drug-likeness (QED) is 0.540. The summed E-state index contributed by atoms with van der Waals surface area (Å²) in [4.78, 5) is 9.35. The maximum atomic E-state index is 9.35. The number of carbonyl (C=O) groups excluding carboxylic acids is 1. The first kappa shape index (κ1) is 10.2. The van der Waals surface area contributed by atoms with E-state index >= 15 is 0 Å². The van der Waals surface area contributed by atoms with Crippen LogP contribution in [0.15, 0.2) is 12.2 Å². The Kier molecular flexibility index (Phi) is 13.7. The summed E-state index contributed by atoms with van der Waals surface area (Å²) in [6, 6.07) is 0. The van der Waals surface area contributed by atoms with E-state index in [0.717, 1.165) is 6.42 Å². The van der Waals surface area contributed by atoms with E-state index in [2.05, 4.69) is 0 Å². The largest absolute Gasteiger partial charge is 0.419 e. The molecule has 0 N–H and O–H groups in total. The van der Waals surface area contributed by atoms with Gasteiger partial charge in [-0.3, -0.25) is 0 Å². The van der Waals surface area contributed by atoms with E-state index in [1.165, 1.54) is 6.08 Å². The zero-order valence-electron chi connectivity index (χ0n) is 4.18. The van der Waals surface area contributed by atoms with Crippen molar-refractivity contribution in [3.63, 3.8) is 0 Å². The van der Waals surface area contributed by atoms with Gasteiger partial charge in [0.1, 0.15) is 0 Å². The van der Waals surface area contributed by atoms with Crippen molar-refractivity contribution in [2.24, 2.45) is 0 Å². The normalized spacial score (nSPS) is 8.14. The molecule has 0 spiro atoms. The van der Waals surface area contributed by atoms with Crippen LogP contribution in [0.2, 0.25) is 0 Å². The Morgan fingerprint density at radius 3 is 2.43 bits per heavy atom. The van der Waals surface area contributed by atoms with Crippen molar-refractivity contribution >= 4 is 6.29 Å². The fourth-order valence-corrected chi connectivity index (χ4v) is 0.166. The molecule has 0 aromatic carbocycles. The van der Waals surface area contributed by atoms with Crippen LogP contribution in [0.1, 0.15) is 13.3 Å². The molecule has 0 aliphatic rings. The van der Waals surface area contributed by atoms with Crippen molar-refractivity contribution in [2.45, 2.75) is 13.3 Å². The smallest absolute Gasteiger partial charge is 0 e. The summed E-state index contributed by atoms with van der Waals surface area (Å²) in [5, 5.41) is 0. The summed E-state index contributed by atoms with van der Waals surface area (Å²) in [6.07, 6.45) is 5.68. The Morgan fingerprint density at radius 1 is 1.71 bits per heavy atom. The van der Waals surface area contributed by atoms with Gasteiger partial charge in [-0.1, -0.05) is 6.92 Å². The molecule has 2 heteroatoms. The third kappa shape index (κ3) is 10.7. The Labute approximate surface area is 58.1 Å². The van der Waals surface area contributed by atoms with Crippen molar-refractivity contribution in [2.75, 3.05) is 0 Å². The summed E-state index contributed by atoms with van der Waals surface area (Å²) in [5.41, 5.74) is 0. The van der Waals surface area contributed by atoms with Crippen LogP contribution < -0.4 is 0 Å². The Hall–Kier alpha value is 0.0983. The minimum absolute atomic E-state index is 0. The van der Waals surface area contributed by atoms with E-state index in [9.17, 15) is 4.79 Å². The number of rotatable bonds is 2. The second-order valence-corrected chi connectivity index (χ2v) is 0.928. The zero-order valence-corrected chi connectivity index (χ0v) is 7.11. The van der Waals surface area contributed by atoms with Gasteiger partial charge in [-0.2, -0.15) is 6.08 Å². The molecule has 40 valence electrons. The molecule has 1 nitrogen and oxygen atoms in total. The molecule has 7 heavy (non-hydrogen) atoms. The molecular weight excluding hydrogens is 260 g/mol. The van der Waals surface area contributed by atoms with Crippen molar-refractivity contribution in [3.8, 4) is 0 Å². The van der Waals surface area contributed by atoms with Gasteiger partial charge in [-0.25, -0.2) is 6.08 Å². The van der Waals surface area contributed by atoms with Gasteiger partial charge in [-0.05, 0) is 6.29 Å². The zero-order chi connectivity index (χ0) is 4.83. The van der Waals surface area contributed by atoms with E-state index in [1.54, 1.807) is 12.4 Å². The maximum Gasteiger partial charge on any atom is 0 e. The SMILES string of the molecule is CC/C=C/[C-]=O.[W]. The fraction of sp³-hybridized carbons (Fsp3) is 0.400. The average Bonchev–Trinajstić information content (AvgIpc) is 1.61. The standard InChI is InChI=1S/C5H7O.W/c1-2-3-4-5-6;/h3-4H,2H2,1H3;/q-1;/b4-3+;. The molecule has 0 rings (SSSR count). The molecule has 0 aromatic rings. The third-order valence-electron chi connectivity index (χ3n) is 0.422. The maximum absolute atomic E-state index is 9.35. The van der Waals surface area contributed by atoms with Crippen LogP contribution in [-0.2, 0) is 25.9 Å². The summed E-state index contributed by atoms with van der Waals surface area (Å²) >= 11 is 0. The first-order valence-electron chi connectivity index (χ1n) is 1.94. The van der Waals surface area contributed by atoms with Crippen LogP contribution in [0, 0.1) is 0 Å². The Bertz CT molecular complexity index is 59.1. The van der Waals surface area contributed by atoms with Crippen molar-refractivity contribution in [3.05, 3.63) is 12.2 Å². The van der Waals surface area contributed by atoms with E-state index in [-0.39, 0.29) is 21.1 Å². The van der Waals surface area contributed by atoms with Gasteiger partial charge in [0.15, 0.2) is 0 Å². The second kappa shape index (κ2) is 9.44. The van der Waals surface area contributed by atoms with Gasteiger partial charge in [0.25, 0.3) is 0 Å². The second-order valence-electron chi connectivity index (χ2n) is 0.928. The van der Waals surface area contributed by atoms with Gasteiger partial charge >= 0.3 is 0 Å². The molecule has 0 saturated carbocycles. The van der Waals surface area contributed by atoms with Crippen molar-refractivity contribution < 1.29 is 25.9 Å². The fourth-order valence-electron chi connectivity index (χ4n) is 0.166. The predicted molar refractivity (Wildman–Crippen MR) is 25.1 cm³/mol. The molecular formula is C5H7OW-. The molecule has 0 atom stereocenters. The first-order chi connectivity index (χ1) is 2.91. The summed E-state index contributed by atoms with van der Waals surface area (Å²) in [5.74, 6) is 0. The Morgan fingerprint density at radius 2 is 2.29 bits per heavy atom. The van der Waals surface area contributed by atoms with Crippen LogP contribution in [0.5, 0.6) is 0 Å². The summed E-state index contributed by atoms with van der Waals surface area (Å²) < 4.78 is 0. The van der Waals surface area contributed by atoms with Crippen LogP contribution in [0.25, 0.3) is 0 Å². The van der Waals surface area contributed by atoms with Crippen LogP contribution in [-0.4, -0.2) is 6.29 Å². The van der Waals surface area contributed by atoms with Crippen LogP contribution >= 0.6 is 0 Å². The van der Waals surface area contributed by atoms with E-state index in [1.807, 2.05) is 6.92 Å².